The average molecular weight is 314 g/mol. The van der Waals surface area contributed by atoms with Gasteiger partial charge in [-0.3, -0.25) is 9.78 Å². The second-order valence-corrected chi connectivity index (χ2v) is 6.36. The predicted octanol–water partition coefficient (Wildman–Crippen LogP) is 0.837. The average Bonchev–Trinajstić information content (AvgIpc) is 2.44. The standard InChI is InChI=1S/C13H22N4O3S/c1-2-7-16-11-6-9-15-10-12(11)21(19,20)17-8-4-3-5-13(14)18/h6,9-10,17H,2-5,7-8H2,1H3,(H2,14,18)(H,15,16). The summed E-state index contributed by atoms with van der Waals surface area (Å²) in [6.45, 7) is 2.95. The maximum Gasteiger partial charge on any atom is 0.244 e. The van der Waals surface area contributed by atoms with Gasteiger partial charge in [-0.15, -0.1) is 0 Å². The van der Waals surface area contributed by atoms with Crippen molar-refractivity contribution in [2.75, 3.05) is 18.4 Å². The molecule has 0 aliphatic rings. The predicted molar refractivity (Wildman–Crippen MR) is 81.3 cm³/mol. The van der Waals surface area contributed by atoms with Gasteiger partial charge in [-0.25, -0.2) is 13.1 Å². The highest BCUT2D eigenvalue weighted by atomic mass is 32.2. The SMILES string of the molecule is CCCNc1ccncc1S(=O)(=O)NCCCCC(N)=O. The first-order valence-corrected chi connectivity index (χ1v) is 8.41. The Morgan fingerprint density at radius 2 is 2.10 bits per heavy atom. The number of nitrogens with one attached hydrogen (secondary N) is 2. The molecule has 0 aliphatic carbocycles. The van der Waals surface area contributed by atoms with Gasteiger partial charge in [0.05, 0.1) is 5.69 Å². The molecule has 21 heavy (non-hydrogen) atoms. The van der Waals surface area contributed by atoms with Gasteiger partial charge < -0.3 is 11.1 Å². The van der Waals surface area contributed by atoms with Crippen LogP contribution in [0.5, 0.6) is 0 Å². The van der Waals surface area contributed by atoms with Crippen molar-refractivity contribution in [1.82, 2.24) is 9.71 Å². The molecule has 0 unspecified atom stereocenters. The van der Waals surface area contributed by atoms with Gasteiger partial charge in [-0.05, 0) is 25.3 Å². The second-order valence-electron chi connectivity index (χ2n) is 4.62. The lowest BCUT2D eigenvalue weighted by Crippen LogP contribution is -2.26. The number of primary amides is 1. The number of hydrogen-bond acceptors (Lipinski definition) is 5. The highest BCUT2D eigenvalue weighted by molar-refractivity contribution is 7.89. The van der Waals surface area contributed by atoms with E-state index in [-0.39, 0.29) is 23.8 Å². The van der Waals surface area contributed by atoms with Crippen molar-refractivity contribution in [3.8, 4) is 0 Å². The van der Waals surface area contributed by atoms with E-state index in [1.807, 2.05) is 6.92 Å². The summed E-state index contributed by atoms with van der Waals surface area (Å²) < 4.78 is 27.0. The molecule has 118 valence electrons. The number of anilines is 1. The fourth-order valence-corrected chi connectivity index (χ4v) is 2.91. The molecule has 7 nitrogen and oxygen atoms in total. The number of unbranched alkanes of at least 4 members (excludes halogenated alkanes) is 1. The van der Waals surface area contributed by atoms with Crippen LogP contribution in [0.4, 0.5) is 5.69 Å². The second kappa shape index (κ2) is 8.58. The summed E-state index contributed by atoms with van der Waals surface area (Å²) in [4.78, 5) is 14.6. The number of aromatic nitrogens is 1. The van der Waals surface area contributed by atoms with Crippen LogP contribution >= 0.6 is 0 Å². The Labute approximate surface area is 125 Å². The van der Waals surface area contributed by atoms with Crippen LogP contribution in [0.1, 0.15) is 32.6 Å². The quantitative estimate of drug-likeness (QED) is 0.554. The summed E-state index contributed by atoms with van der Waals surface area (Å²) in [7, 11) is -3.61. The third-order valence-electron chi connectivity index (χ3n) is 2.78. The van der Waals surface area contributed by atoms with E-state index in [0.29, 0.717) is 25.1 Å². The highest BCUT2D eigenvalue weighted by Crippen LogP contribution is 2.19. The number of rotatable bonds is 10. The minimum absolute atomic E-state index is 0.133. The molecule has 0 radical (unpaired) electrons. The summed E-state index contributed by atoms with van der Waals surface area (Å²) in [5, 5.41) is 3.07. The molecule has 1 rings (SSSR count). The van der Waals surface area contributed by atoms with E-state index in [0.717, 1.165) is 6.42 Å². The molecule has 0 saturated carbocycles. The van der Waals surface area contributed by atoms with Gasteiger partial charge in [0.15, 0.2) is 0 Å². The molecule has 1 aromatic rings. The number of hydrogen-bond donors (Lipinski definition) is 3. The van der Waals surface area contributed by atoms with Crippen molar-refractivity contribution < 1.29 is 13.2 Å². The number of amides is 1. The molecule has 0 spiro atoms. The number of pyridine rings is 1. The van der Waals surface area contributed by atoms with E-state index in [2.05, 4.69) is 15.0 Å². The van der Waals surface area contributed by atoms with Crippen LogP contribution < -0.4 is 15.8 Å². The van der Waals surface area contributed by atoms with Crippen molar-refractivity contribution in [2.45, 2.75) is 37.5 Å². The molecule has 0 fully saturated rings. The Morgan fingerprint density at radius 1 is 1.33 bits per heavy atom. The van der Waals surface area contributed by atoms with E-state index in [9.17, 15) is 13.2 Å². The third-order valence-corrected chi connectivity index (χ3v) is 4.27. The van der Waals surface area contributed by atoms with Crippen LogP contribution in [0.15, 0.2) is 23.4 Å². The third kappa shape index (κ3) is 6.09. The van der Waals surface area contributed by atoms with Crippen molar-refractivity contribution in [1.29, 1.82) is 0 Å². The Hall–Kier alpha value is -1.67. The summed E-state index contributed by atoms with van der Waals surface area (Å²) >= 11 is 0. The number of nitrogens with two attached hydrogens (primary N) is 1. The van der Waals surface area contributed by atoms with Crippen LogP contribution in [0.3, 0.4) is 0 Å². The van der Waals surface area contributed by atoms with Crippen LogP contribution in [0.25, 0.3) is 0 Å². The summed E-state index contributed by atoms with van der Waals surface area (Å²) in [6.07, 6.45) is 5.14. The number of carbonyl (C=O) groups is 1. The number of sulfonamides is 1. The first kappa shape index (κ1) is 17.4. The molecular formula is C13H22N4O3S. The molecule has 1 amide bonds. The number of nitrogens with zero attached hydrogens (tertiary/aromatic N) is 1. The van der Waals surface area contributed by atoms with Crippen molar-refractivity contribution >= 4 is 21.6 Å². The lowest BCUT2D eigenvalue weighted by molar-refractivity contribution is -0.118. The van der Waals surface area contributed by atoms with Crippen LogP contribution in [-0.4, -0.2) is 32.4 Å². The Bertz CT molecular complexity index is 560. The first-order valence-electron chi connectivity index (χ1n) is 6.93. The molecule has 0 saturated heterocycles. The van der Waals surface area contributed by atoms with Gasteiger partial charge >= 0.3 is 0 Å². The van der Waals surface area contributed by atoms with E-state index >= 15 is 0 Å². The Kier molecular flexibility index (Phi) is 7.10. The summed E-state index contributed by atoms with van der Waals surface area (Å²) in [5.41, 5.74) is 5.56. The van der Waals surface area contributed by atoms with Crippen molar-refractivity contribution in [3.63, 3.8) is 0 Å². The van der Waals surface area contributed by atoms with Crippen molar-refractivity contribution in [2.24, 2.45) is 5.73 Å². The fraction of sp³-hybridized carbons (Fsp3) is 0.538. The summed E-state index contributed by atoms with van der Waals surface area (Å²) in [6, 6.07) is 1.64. The molecular weight excluding hydrogens is 292 g/mol. The lowest BCUT2D eigenvalue weighted by Gasteiger charge is -2.12. The van der Waals surface area contributed by atoms with Gasteiger partial charge in [0.25, 0.3) is 0 Å². The highest BCUT2D eigenvalue weighted by Gasteiger charge is 2.18. The van der Waals surface area contributed by atoms with Crippen LogP contribution in [0, 0.1) is 0 Å². The Morgan fingerprint density at radius 3 is 2.76 bits per heavy atom. The number of carbonyl (C=O) groups excluding carboxylic acids is 1. The maximum absolute atomic E-state index is 12.2. The maximum atomic E-state index is 12.2. The molecule has 1 heterocycles. The molecule has 4 N–H and O–H groups in total. The largest absolute Gasteiger partial charge is 0.384 e. The zero-order chi connectivity index (χ0) is 15.7. The van der Waals surface area contributed by atoms with E-state index < -0.39 is 10.0 Å². The molecule has 0 aliphatic heterocycles. The lowest BCUT2D eigenvalue weighted by atomic mass is 10.2. The monoisotopic (exact) mass is 314 g/mol. The zero-order valence-corrected chi connectivity index (χ0v) is 12.9. The minimum Gasteiger partial charge on any atom is -0.384 e. The van der Waals surface area contributed by atoms with Gasteiger partial charge in [0, 0.05) is 31.9 Å². The zero-order valence-electron chi connectivity index (χ0n) is 12.1. The first-order chi connectivity index (χ1) is 9.97. The smallest absolute Gasteiger partial charge is 0.244 e. The molecule has 0 atom stereocenters. The minimum atomic E-state index is -3.61. The van der Waals surface area contributed by atoms with Gasteiger partial charge in [0.1, 0.15) is 4.90 Å². The van der Waals surface area contributed by atoms with Crippen LogP contribution in [-0.2, 0) is 14.8 Å². The fourth-order valence-electron chi connectivity index (χ4n) is 1.71. The molecule has 0 bridgehead atoms. The van der Waals surface area contributed by atoms with E-state index in [1.54, 1.807) is 12.3 Å². The molecule has 0 aromatic carbocycles. The normalized spacial score (nSPS) is 11.3. The topological polar surface area (TPSA) is 114 Å². The van der Waals surface area contributed by atoms with Gasteiger partial charge in [-0.1, -0.05) is 6.92 Å². The Balaban J connectivity index is 2.63. The molecule has 8 heteroatoms. The van der Waals surface area contributed by atoms with Gasteiger partial charge in [0.2, 0.25) is 15.9 Å². The van der Waals surface area contributed by atoms with Crippen molar-refractivity contribution in [3.05, 3.63) is 18.5 Å². The van der Waals surface area contributed by atoms with Crippen LogP contribution in [0.2, 0.25) is 0 Å². The summed E-state index contributed by atoms with van der Waals surface area (Å²) in [5.74, 6) is -0.379. The van der Waals surface area contributed by atoms with Gasteiger partial charge in [-0.2, -0.15) is 0 Å². The van der Waals surface area contributed by atoms with E-state index in [4.69, 9.17) is 5.73 Å². The molecule has 1 aromatic heterocycles. The van der Waals surface area contributed by atoms with E-state index in [1.165, 1.54) is 6.20 Å².